The standard InChI is InChI=1S/C11H9BrFNO5/c1-6(11(15)16)2-3-19-10-8(12)4-7(13)5-9(10)14(17)18/h2,4-5H,3H2,1H3,(H,15,16). The van der Waals surface area contributed by atoms with E-state index in [4.69, 9.17) is 9.84 Å². The molecular formula is C11H9BrFNO5. The highest BCUT2D eigenvalue weighted by atomic mass is 79.9. The Labute approximate surface area is 115 Å². The van der Waals surface area contributed by atoms with E-state index in [1.165, 1.54) is 13.0 Å². The summed E-state index contributed by atoms with van der Waals surface area (Å²) < 4.78 is 18.2. The quantitative estimate of drug-likeness (QED) is 0.508. The maximum Gasteiger partial charge on any atom is 0.331 e. The summed E-state index contributed by atoms with van der Waals surface area (Å²) in [6.07, 6.45) is 1.25. The van der Waals surface area contributed by atoms with Crippen LogP contribution in [0.4, 0.5) is 10.1 Å². The number of nitro groups is 1. The molecule has 1 aromatic rings. The van der Waals surface area contributed by atoms with Crippen LogP contribution in [0, 0.1) is 15.9 Å². The van der Waals surface area contributed by atoms with Crippen molar-refractivity contribution in [1.82, 2.24) is 0 Å². The van der Waals surface area contributed by atoms with Gasteiger partial charge in [-0.05, 0) is 35.0 Å². The van der Waals surface area contributed by atoms with Crippen molar-refractivity contribution in [3.05, 3.63) is 44.2 Å². The second-order valence-corrected chi connectivity index (χ2v) is 4.35. The SMILES string of the molecule is CC(=CCOc1c(Br)cc(F)cc1[N+](=O)[O-])C(=O)O. The summed E-state index contributed by atoms with van der Waals surface area (Å²) in [5.74, 6) is -2.04. The summed E-state index contributed by atoms with van der Waals surface area (Å²) in [7, 11) is 0. The van der Waals surface area contributed by atoms with Crippen molar-refractivity contribution in [2.75, 3.05) is 6.61 Å². The maximum atomic E-state index is 13.0. The number of rotatable bonds is 5. The van der Waals surface area contributed by atoms with E-state index in [1.54, 1.807) is 0 Å². The first-order valence-corrected chi connectivity index (χ1v) is 5.78. The Morgan fingerprint density at radius 2 is 2.26 bits per heavy atom. The van der Waals surface area contributed by atoms with Crippen LogP contribution in [0.2, 0.25) is 0 Å². The summed E-state index contributed by atoms with van der Waals surface area (Å²) in [6, 6.07) is 1.75. The maximum absolute atomic E-state index is 13.0. The highest BCUT2D eigenvalue weighted by Crippen LogP contribution is 2.35. The molecule has 1 rings (SSSR count). The van der Waals surface area contributed by atoms with Gasteiger partial charge in [0.05, 0.1) is 15.5 Å². The molecule has 0 aliphatic heterocycles. The van der Waals surface area contributed by atoms with Gasteiger partial charge < -0.3 is 9.84 Å². The van der Waals surface area contributed by atoms with E-state index < -0.39 is 22.4 Å². The summed E-state index contributed by atoms with van der Waals surface area (Å²) in [4.78, 5) is 20.5. The fourth-order valence-corrected chi connectivity index (χ4v) is 1.70. The van der Waals surface area contributed by atoms with E-state index in [2.05, 4.69) is 15.9 Å². The van der Waals surface area contributed by atoms with Gasteiger partial charge >= 0.3 is 11.7 Å². The zero-order valence-electron chi connectivity index (χ0n) is 9.72. The average Bonchev–Trinajstić information content (AvgIpc) is 2.30. The number of nitro benzene ring substituents is 1. The van der Waals surface area contributed by atoms with E-state index in [9.17, 15) is 19.3 Å². The lowest BCUT2D eigenvalue weighted by Crippen LogP contribution is -2.03. The molecule has 0 saturated carbocycles. The fourth-order valence-electron chi connectivity index (χ4n) is 1.16. The molecule has 0 saturated heterocycles. The molecule has 0 aromatic heterocycles. The van der Waals surface area contributed by atoms with E-state index in [0.717, 1.165) is 12.1 Å². The first-order chi connectivity index (χ1) is 8.82. The number of hydrogen-bond donors (Lipinski definition) is 1. The summed E-state index contributed by atoms with van der Waals surface area (Å²) in [6.45, 7) is 1.18. The van der Waals surface area contributed by atoms with Crippen LogP contribution in [0.3, 0.4) is 0 Å². The zero-order chi connectivity index (χ0) is 14.6. The highest BCUT2D eigenvalue weighted by Gasteiger charge is 2.20. The van der Waals surface area contributed by atoms with Crippen LogP contribution in [0.1, 0.15) is 6.92 Å². The van der Waals surface area contributed by atoms with E-state index in [-0.39, 0.29) is 22.4 Å². The molecule has 0 bridgehead atoms. The molecule has 1 N–H and O–H groups in total. The summed E-state index contributed by atoms with van der Waals surface area (Å²) in [5, 5.41) is 19.4. The normalized spacial score (nSPS) is 11.2. The third-order valence-corrected chi connectivity index (χ3v) is 2.73. The average molecular weight is 334 g/mol. The Bertz CT molecular complexity index is 558. The molecule has 0 amide bonds. The van der Waals surface area contributed by atoms with E-state index >= 15 is 0 Å². The van der Waals surface area contributed by atoms with Crippen LogP contribution in [-0.4, -0.2) is 22.6 Å². The molecule has 8 heteroatoms. The third-order valence-electron chi connectivity index (χ3n) is 2.14. The van der Waals surface area contributed by atoms with Crippen molar-refractivity contribution in [2.24, 2.45) is 0 Å². The Kier molecular flexibility index (Phi) is 4.99. The van der Waals surface area contributed by atoms with Gasteiger partial charge in [-0.3, -0.25) is 10.1 Å². The van der Waals surface area contributed by atoms with Gasteiger partial charge in [-0.2, -0.15) is 0 Å². The molecule has 0 radical (unpaired) electrons. The Morgan fingerprint density at radius 1 is 1.63 bits per heavy atom. The Hall–Kier alpha value is -1.96. The van der Waals surface area contributed by atoms with Crippen LogP contribution in [0.15, 0.2) is 28.3 Å². The van der Waals surface area contributed by atoms with Crippen LogP contribution >= 0.6 is 15.9 Å². The Balaban J connectivity index is 2.98. The smallest absolute Gasteiger partial charge is 0.331 e. The van der Waals surface area contributed by atoms with Crippen LogP contribution in [-0.2, 0) is 4.79 Å². The molecule has 0 aliphatic carbocycles. The number of benzene rings is 1. The summed E-state index contributed by atoms with van der Waals surface area (Å²) >= 11 is 2.96. The highest BCUT2D eigenvalue weighted by molar-refractivity contribution is 9.10. The van der Waals surface area contributed by atoms with Crippen molar-refractivity contribution in [3.8, 4) is 5.75 Å². The molecule has 0 spiro atoms. The molecule has 0 unspecified atom stereocenters. The molecule has 0 atom stereocenters. The van der Waals surface area contributed by atoms with Crippen molar-refractivity contribution in [3.63, 3.8) is 0 Å². The number of ether oxygens (including phenoxy) is 1. The lowest BCUT2D eigenvalue weighted by Gasteiger charge is -2.07. The second-order valence-electron chi connectivity index (χ2n) is 3.50. The largest absolute Gasteiger partial charge is 0.482 e. The van der Waals surface area contributed by atoms with Crippen LogP contribution < -0.4 is 4.74 Å². The van der Waals surface area contributed by atoms with Crippen molar-refractivity contribution < 1.29 is 24.0 Å². The minimum atomic E-state index is -1.11. The first kappa shape index (κ1) is 15.1. The fraction of sp³-hybridized carbons (Fsp3) is 0.182. The predicted octanol–water partition coefficient (Wildman–Crippen LogP) is 2.91. The number of carbonyl (C=O) groups is 1. The van der Waals surface area contributed by atoms with Gasteiger partial charge in [0.25, 0.3) is 0 Å². The van der Waals surface area contributed by atoms with Crippen molar-refractivity contribution in [1.29, 1.82) is 0 Å². The molecule has 19 heavy (non-hydrogen) atoms. The van der Waals surface area contributed by atoms with Gasteiger partial charge in [0, 0.05) is 5.57 Å². The zero-order valence-corrected chi connectivity index (χ0v) is 11.3. The van der Waals surface area contributed by atoms with E-state index in [0.29, 0.717) is 0 Å². The Morgan fingerprint density at radius 3 is 2.79 bits per heavy atom. The number of aliphatic carboxylic acids is 1. The van der Waals surface area contributed by atoms with Gasteiger partial charge in [0.1, 0.15) is 12.4 Å². The number of carboxylic acid groups (broad SMARTS) is 1. The molecule has 0 aliphatic rings. The molecule has 0 fully saturated rings. The first-order valence-electron chi connectivity index (χ1n) is 4.99. The molecular weight excluding hydrogens is 325 g/mol. The lowest BCUT2D eigenvalue weighted by atomic mass is 10.3. The van der Waals surface area contributed by atoms with Gasteiger partial charge in [-0.15, -0.1) is 0 Å². The molecule has 6 nitrogen and oxygen atoms in total. The number of hydrogen-bond acceptors (Lipinski definition) is 4. The van der Waals surface area contributed by atoms with Gasteiger partial charge in [-0.25, -0.2) is 9.18 Å². The van der Waals surface area contributed by atoms with Crippen LogP contribution in [0.25, 0.3) is 0 Å². The molecule has 1 aromatic carbocycles. The van der Waals surface area contributed by atoms with Crippen molar-refractivity contribution >= 4 is 27.6 Å². The summed E-state index contributed by atoms with van der Waals surface area (Å²) in [5.41, 5.74) is -0.492. The molecule has 102 valence electrons. The topological polar surface area (TPSA) is 89.7 Å². The third kappa shape index (κ3) is 4.02. The van der Waals surface area contributed by atoms with Gasteiger partial charge in [0.15, 0.2) is 0 Å². The lowest BCUT2D eigenvalue weighted by molar-refractivity contribution is -0.386. The second kappa shape index (κ2) is 6.28. The minimum Gasteiger partial charge on any atom is -0.482 e. The van der Waals surface area contributed by atoms with Gasteiger partial charge in [0.2, 0.25) is 5.75 Å². The minimum absolute atomic E-state index is 0.0425. The predicted molar refractivity (Wildman–Crippen MR) is 67.6 cm³/mol. The number of carboxylic acids is 1. The monoisotopic (exact) mass is 333 g/mol. The number of nitrogens with zero attached hydrogens (tertiary/aromatic N) is 1. The van der Waals surface area contributed by atoms with Crippen LogP contribution in [0.5, 0.6) is 5.75 Å². The van der Waals surface area contributed by atoms with Gasteiger partial charge in [-0.1, -0.05) is 0 Å². The molecule has 0 heterocycles. The number of halogens is 2. The van der Waals surface area contributed by atoms with E-state index in [1.807, 2.05) is 0 Å². The van der Waals surface area contributed by atoms with Crippen molar-refractivity contribution in [2.45, 2.75) is 6.92 Å².